The number of nitrogens with zero attached hydrogens (tertiary/aromatic N) is 9. The fraction of sp³-hybridized carbons (Fsp3) is 0.375. The number of benzene rings is 1. The van der Waals surface area contributed by atoms with Gasteiger partial charge in [0.05, 0.1) is 17.9 Å². The molecule has 0 radical (unpaired) electrons. The molecule has 2 fully saturated rings. The third kappa shape index (κ3) is 6.78. The van der Waals surface area contributed by atoms with Crippen molar-refractivity contribution in [2.75, 3.05) is 50.0 Å². The van der Waals surface area contributed by atoms with Crippen LogP contribution in [-0.2, 0) is 4.79 Å². The van der Waals surface area contributed by atoms with Crippen molar-refractivity contribution >= 4 is 23.4 Å². The summed E-state index contributed by atoms with van der Waals surface area (Å²) in [5.41, 5.74) is 2.73. The molecule has 1 amide bonds. The highest BCUT2D eigenvalue weighted by molar-refractivity contribution is 5.87. The first-order valence-corrected chi connectivity index (χ1v) is 15.1. The molecule has 13 heteroatoms. The highest BCUT2D eigenvalue weighted by atomic mass is 19.1. The number of ether oxygens (including phenoxy) is 1. The lowest BCUT2D eigenvalue weighted by Gasteiger charge is -2.40. The van der Waals surface area contributed by atoms with Gasteiger partial charge < -0.3 is 24.8 Å². The molecule has 4 aromatic rings. The first-order valence-electron chi connectivity index (χ1n) is 15.1. The summed E-state index contributed by atoms with van der Waals surface area (Å²) in [6.07, 6.45) is 10.4. The van der Waals surface area contributed by atoms with Crippen LogP contribution in [0.25, 0.3) is 11.1 Å². The fourth-order valence-electron chi connectivity index (χ4n) is 5.79. The van der Waals surface area contributed by atoms with Crippen LogP contribution in [-0.4, -0.2) is 91.2 Å². The van der Waals surface area contributed by atoms with E-state index in [0.717, 1.165) is 31.6 Å². The number of hydrogen-bond acceptors (Lipinski definition) is 10. The zero-order valence-corrected chi connectivity index (χ0v) is 25.7. The van der Waals surface area contributed by atoms with Crippen molar-refractivity contribution in [3.05, 3.63) is 73.2 Å². The zero-order chi connectivity index (χ0) is 31.5. The van der Waals surface area contributed by atoms with Crippen molar-refractivity contribution in [1.29, 1.82) is 0 Å². The monoisotopic (exact) mass is 612 g/mol. The summed E-state index contributed by atoms with van der Waals surface area (Å²) in [5, 5.41) is 7.90. The van der Waals surface area contributed by atoms with Crippen LogP contribution in [0.2, 0.25) is 0 Å². The van der Waals surface area contributed by atoms with Gasteiger partial charge in [-0.15, -0.1) is 0 Å². The molecule has 45 heavy (non-hydrogen) atoms. The van der Waals surface area contributed by atoms with Crippen molar-refractivity contribution < 1.29 is 13.9 Å². The second-order valence-electron chi connectivity index (χ2n) is 11.6. The number of halogens is 1. The zero-order valence-electron chi connectivity index (χ0n) is 25.7. The van der Waals surface area contributed by atoms with E-state index in [-0.39, 0.29) is 23.7 Å². The lowest BCUT2D eigenvalue weighted by Crippen LogP contribution is -2.54. The number of carbonyl (C=O) groups is 1. The summed E-state index contributed by atoms with van der Waals surface area (Å²) in [7, 11) is 2.14. The Kier molecular flexibility index (Phi) is 8.69. The maximum absolute atomic E-state index is 15.4. The second-order valence-corrected chi connectivity index (χ2v) is 11.6. The fourth-order valence-corrected chi connectivity index (χ4v) is 5.79. The Labute approximate surface area is 261 Å². The summed E-state index contributed by atoms with van der Waals surface area (Å²) >= 11 is 0. The first-order chi connectivity index (χ1) is 21.8. The third-order valence-electron chi connectivity index (χ3n) is 8.29. The van der Waals surface area contributed by atoms with E-state index in [1.807, 2.05) is 24.7 Å². The molecule has 1 N–H and O–H groups in total. The molecular formula is C32H37FN10O2. The molecule has 0 spiro atoms. The molecule has 3 aromatic heterocycles. The minimum atomic E-state index is -0.568. The minimum absolute atomic E-state index is 0.0110. The van der Waals surface area contributed by atoms with Gasteiger partial charge in [-0.3, -0.25) is 9.48 Å². The van der Waals surface area contributed by atoms with Crippen molar-refractivity contribution in [3.63, 3.8) is 0 Å². The van der Waals surface area contributed by atoms with E-state index in [4.69, 9.17) is 9.72 Å². The normalized spacial score (nSPS) is 17.7. The highest BCUT2D eigenvalue weighted by Gasteiger charge is 2.29. The number of likely N-dealkylation sites (tertiary alicyclic amines) is 1. The van der Waals surface area contributed by atoms with E-state index in [1.165, 1.54) is 12.1 Å². The number of piperazine rings is 1. The number of hydrogen-bond donors (Lipinski definition) is 1. The molecule has 2 aliphatic heterocycles. The van der Waals surface area contributed by atoms with Crippen molar-refractivity contribution in [3.8, 4) is 22.9 Å². The maximum atomic E-state index is 15.4. The number of anilines is 3. The minimum Gasteiger partial charge on any atom is -0.421 e. The lowest BCUT2D eigenvalue weighted by atomic mass is 10.1. The van der Waals surface area contributed by atoms with Gasteiger partial charge in [-0.2, -0.15) is 10.1 Å². The average molecular weight is 613 g/mol. The molecule has 2 saturated heterocycles. The molecule has 2 aliphatic rings. The predicted molar refractivity (Wildman–Crippen MR) is 169 cm³/mol. The Balaban J connectivity index is 1.28. The molecule has 12 nitrogen and oxygen atoms in total. The molecule has 1 aromatic carbocycles. The molecule has 1 atom stereocenters. The molecule has 5 heterocycles. The molecule has 0 saturated carbocycles. The second kappa shape index (κ2) is 13.0. The van der Waals surface area contributed by atoms with E-state index in [9.17, 15) is 4.79 Å². The van der Waals surface area contributed by atoms with Crippen LogP contribution >= 0.6 is 0 Å². The standard InChI is InChI=1S/C32H37FN10O2/c1-5-29(44)42-15-14-41(19-22(42)3)30-26(23-6-7-28(27(33)16-23)45-32-34-11-8-21(2)37-32)18-35-31(39-30)38-24-17-36-43(20-24)25-9-12-40(4)13-10-25/h5-8,11,16-18,20,22,25H,1,9-10,12-15,19H2,2-4H3,(H,35,38,39)/t22-/m1/s1. The summed E-state index contributed by atoms with van der Waals surface area (Å²) in [6, 6.07) is 6.78. The first kappa shape index (κ1) is 30.1. The number of nitrogens with one attached hydrogen (secondary N) is 1. The van der Waals surface area contributed by atoms with E-state index in [0.29, 0.717) is 54.3 Å². The van der Waals surface area contributed by atoms with Crippen LogP contribution in [0, 0.1) is 12.7 Å². The van der Waals surface area contributed by atoms with Crippen LogP contribution in [0.5, 0.6) is 11.8 Å². The van der Waals surface area contributed by atoms with Gasteiger partial charge in [0.1, 0.15) is 5.82 Å². The third-order valence-corrected chi connectivity index (χ3v) is 8.29. The lowest BCUT2D eigenvalue weighted by molar-refractivity contribution is -0.128. The molecule has 0 unspecified atom stereocenters. The Morgan fingerprint density at radius 1 is 1.11 bits per heavy atom. The highest BCUT2D eigenvalue weighted by Crippen LogP contribution is 2.35. The average Bonchev–Trinajstić information content (AvgIpc) is 3.50. The summed E-state index contributed by atoms with van der Waals surface area (Å²) < 4.78 is 23.0. The predicted octanol–water partition coefficient (Wildman–Crippen LogP) is 4.60. The SMILES string of the molecule is C=CC(=O)N1CCN(c2nc(Nc3cnn(C4CCN(C)CC4)c3)ncc2-c2ccc(Oc3nccc(C)n3)c(F)c2)C[C@H]1C. The van der Waals surface area contributed by atoms with Gasteiger partial charge in [0.15, 0.2) is 11.6 Å². The number of aryl methyl sites for hydroxylation is 1. The van der Waals surface area contributed by atoms with Gasteiger partial charge in [0, 0.05) is 55.5 Å². The van der Waals surface area contributed by atoms with Crippen molar-refractivity contribution in [1.82, 2.24) is 39.5 Å². The smallest absolute Gasteiger partial charge is 0.322 e. The molecule has 6 rings (SSSR count). The Morgan fingerprint density at radius 2 is 1.93 bits per heavy atom. The van der Waals surface area contributed by atoms with Crippen LogP contribution in [0.1, 0.15) is 31.5 Å². The van der Waals surface area contributed by atoms with Gasteiger partial charge in [-0.05, 0) is 76.7 Å². The topological polar surface area (TPSA) is 117 Å². The molecule has 234 valence electrons. The van der Waals surface area contributed by atoms with Crippen LogP contribution in [0.3, 0.4) is 0 Å². The Morgan fingerprint density at radius 3 is 2.67 bits per heavy atom. The van der Waals surface area contributed by atoms with Gasteiger partial charge in [0.2, 0.25) is 11.9 Å². The molecule has 0 bridgehead atoms. The Hall–Kier alpha value is -4.91. The van der Waals surface area contributed by atoms with E-state index < -0.39 is 5.82 Å². The number of carbonyl (C=O) groups excluding carboxylic acids is 1. The number of amides is 1. The maximum Gasteiger partial charge on any atom is 0.322 e. The number of piperidine rings is 1. The van der Waals surface area contributed by atoms with Crippen molar-refractivity contribution in [2.45, 2.75) is 38.8 Å². The quantitative estimate of drug-likeness (QED) is 0.283. The summed E-state index contributed by atoms with van der Waals surface area (Å²) in [6.45, 7) is 11.1. The summed E-state index contributed by atoms with van der Waals surface area (Å²) in [5.74, 6) is 0.358. The van der Waals surface area contributed by atoms with Gasteiger partial charge >= 0.3 is 6.01 Å². The van der Waals surface area contributed by atoms with E-state index in [1.54, 1.807) is 41.7 Å². The van der Waals surface area contributed by atoms with Crippen LogP contribution in [0.4, 0.5) is 21.8 Å². The molecule has 0 aliphatic carbocycles. The Bertz CT molecular complexity index is 1690. The number of aromatic nitrogens is 6. The largest absolute Gasteiger partial charge is 0.421 e. The van der Waals surface area contributed by atoms with Gasteiger partial charge in [-0.25, -0.2) is 19.3 Å². The summed E-state index contributed by atoms with van der Waals surface area (Å²) in [4.78, 5) is 36.4. The van der Waals surface area contributed by atoms with E-state index >= 15 is 4.39 Å². The van der Waals surface area contributed by atoms with Crippen molar-refractivity contribution in [2.24, 2.45) is 0 Å². The van der Waals surface area contributed by atoms with Crippen LogP contribution < -0.4 is 15.0 Å². The van der Waals surface area contributed by atoms with Crippen LogP contribution in [0.15, 0.2) is 61.7 Å². The van der Waals surface area contributed by atoms with Gasteiger partial charge in [0.25, 0.3) is 0 Å². The molecular weight excluding hydrogens is 575 g/mol. The van der Waals surface area contributed by atoms with E-state index in [2.05, 4.69) is 48.8 Å². The van der Waals surface area contributed by atoms with Gasteiger partial charge in [-0.1, -0.05) is 12.6 Å². The number of rotatable bonds is 8.